The zero-order chi connectivity index (χ0) is 44.2. The van der Waals surface area contributed by atoms with Gasteiger partial charge in [0.25, 0.3) is 0 Å². The molecule has 314 valence electrons. The summed E-state index contributed by atoms with van der Waals surface area (Å²) in [7, 11) is 0. The van der Waals surface area contributed by atoms with Crippen LogP contribution in [0, 0.1) is 5.41 Å². The molecule has 0 saturated carbocycles. The van der Waals surface area contributed by atoms with Gasteiger partial charge in [0.1, 0.15) is 0 Å². The molecule has 0 fully saturated rings. The van der Waals surface area contributed by atoms with Crippen LogP contribution in [0.4, 0.5) is 0 Å². The largest absolute Gasteiger partial charge is 0.307 e. The first kappa shape index (κ1) is 39.0. The van der Waals surface area contributed by atoms with E-state index in [0.717, 1.165) is 60.8 Å². The summed E-state index contributed by atoms with van der Waals surface area (Å²) in [5.41, 5.74) is 14.9. The van der Waals surface area contributed by atoms with Crippen molar-refractivity contribution in [2.75, 3.05) is 0 Å². The number of nitrogens with zero attached hydrogens (tertiary/aromatic N) is 5. The van der Waals surface area contributed by atoms with E-state index in [1.165, 1.54) is 33.0 Å². The second-order valence-electron chi connectivity index (χ2n) is 19.3. The van der Waals surface area contributed by atoms with Gasteiger partial charge in [-0.1, -0.05) is 205 Å². The number of benzene rings is 8. The van der Waals surface area contributed by atoms with Crippen molar-refractivity contribution in [2.24, 2.45) is 5.41 Å². The average molecular weight is 840 g/mol. The minimum absolute atomic E-state index is 0.00417. The van der Waals surface area contributed by atoms with Crippen LogP contribution in [0.1, 0.15) is 52.7 Å². The van der Waals surface area contributed by atoms with Crippen molar-refractivity contribution in [1.82, 2.24) is 24.1 Å². The molecule has 3 aromatic heterocycles. The summed E-state index contributed by atoms with van der Waals surface area (Å²) < 4.78 is 4.74. The Labute approximate surface area is 379 Å². The summed E-state index contributed by atoms with van der Waals surface area (Å²) in [6.07, 6.45) is 0. The molecule has 0 saturated heterocycles. The summed E-state index contributed by atoms with van der Waals surface area (Å²) in [5.74, 6) is 1.79. The molecule has 0 unspecified atom stereocenters. The maximum absolute atomic E-state index is 5.47. The van der Waals surface area contributed by atoms with Crippen LogP contribution in [0.2, 0.25) is 0 Å². The normalized spacial score (nSPS) is 15.0. The molecule has 12 rings (SSSR count). The van der Waals surface area contributed by atoms with E-state index < -0.39 is 0 Å². The predicted molar refractivity (Wildman–Crippen MR) is 270 cm³/mol. The van der Waals surface area contributed by atoms with Crippen LogP contribution in [0.3, 0.4) is 0 Å². The Morgan fingerprint density at radius 2 is 0.877 bits per heavy atom. The van der Waals surface area contributed by atoms with Gasteiger partial charge >= 0.3 is 0 Å². The lowest BCUT2D eigenvalue weighted by atomic mass is 9.59. The van der Waals surface area contributed by atoms with Crippen molar-refractivity contribution in [3.8, 4) is 56.7 Å². The van der Waals surface area contributed by atoms with Crippen LogP contribution in [0.15, 0.2) is 188 Å². The highest BCUT2D eigenvalue weighted by molar-refractivity contribution is 6.23. The van der Waals surface area contributed by atoms with Crippen LogP contribution in [-0.4, -0.2) is 24.1 Å². The van der Waals surface area contributed by atoms with Crippen molar-refractivity contribution in [3.05, 3.63) is 199 Å². The molecule has 1 aliphatic rings. The van der Waals surface area contributed by atoms with Gasteiger partial charge in [-0.3, -0.25) is 4.57 Å². The molecule has 5 nitrogen and oxygen atoms in total. The number of fused-ring (bicyclic) bond motifs is 8. The molecule has 0 spiro atoms. The molecule has 0 bridgehead atoms. The Kier molecular flexibility index (Phi) is 8.51. The van der Waals surface area contributed by atoms with E-state index in [2.05, 4.69) is 214 Å². The van der Waals surface area contributed by atoms with Crippen molar-refractivity contribution < 1.29 is 0 Å². The van der Waals surface area contributed by atoms with Crippen LogP contribution < -0.4 is 0 Å². The maximum atomic E-state index is 5.47. The lowest BCUT2D eigenvalue weighted by Gasteiger charge is -2.44. The van der Waals surface area contributed by atoms with Crippen molar-refractivity contribution in [3.63, 3.8) is 0 Å². The number of rotatable bonds is 6. The van der Waals surface area contributed by atoms with E-state index in [9.17, 15) is 0 Å². The fraction of sp³-hybridized carbons (Fsp3) is 0.150. The van der Waals surface area contributed by atoms with Gasteiger partial charge in [-0.15, -0.1) is 0 Å². The first-order chi connectivity index (χ1) is 31.5. The topological polar surface area (TPSA) is 48.5 Å². The molecule has 0 aliphatic heterocycles. The Balaban J connectivity index is 1.14. The molecule has 65 heavy (non-hydrogen) atoms. The SMILES string of the molecule is CC1(C)c2ccc(-c3cccc(-n4c5ccccc5c5ccc6c7ccccc7n(-c7nc(-c8ccccc8)nc(-c8ccccc8-c8ccccc8)n7)c6c54)c3)cc2C(C)(C)C1(C)C. The Morgan fingerprint density at radius 1 is 0.354 bits per heavy atom. The third-order valence-corrected chi connectivity index (χ3v) is 15.5. The van der Waals surface area contributed by atoms with E-state index in [-0.39, 0.29) is 16.2 Å². The number of hydrogen-bond donors (Lipinski definition) is 0. The first-order valence-electron chi connectivity index (χ1n) is 22.7. The Morgan fingerprint density at radius 3 is 1.57 bits per heavy atom. The summed E-state index contributed by atoms with van der Waals surface area (Å²) in [5, 5.41) is 4.62. The van der Waals surface area contributed by atoms with Crippen LogP contribution >= 0.6 is 0 Å². The predicted octanol–water partition coefficient (Wildman–Crippen LogP) is 15.3. The summed E-state index contributed by atoms with van der Waals surface area (Å²) in [4.78, 5) is 16.1. The Hall–Kier alpha value is -7.63. The van der Waals surface area contributed by atoms with Gasteiger partial charge in [0, 0.05) is 38.4 Å². The number of para-hydroxylation sites is 2. The first-order valence-corrected chi connectivity index (χ1v) is 22.7. The fourth-order valence-electron chi connectivity index (χ4n) is 10.9. The van der Waals surface area contributed by atoms with Gasteiger partial charge < -0.3 is 4.57 Å². The molecule has 1 aliphatic carbocycles. The fourth-order valence-corrected chi connectivity index (χ4v) is 10.9. The average Bonchev–Trinajstić information content (AvgIpc) is 3.90. The van der Waals surface area contributed by atoms with Gasteiger partial charge in [0.05, 0.1) is 22.1 Å². The standard InChI is InChI=1S/C60H49N5/c1-58(2)49-35-32-41(37-50(49)59(3,4)60(58,5)6)40-24-19-25-42(36-40)64-51-30-17-15-27-44(51)46-33-34-47-45-28-16-18-31-52(45)65(54(47)53(46)64)57-62-55(39-22-11-8-12-23-39)61-56(63-57)48-29-14-13-26-43(48)38-20-9-7-10-21-38/h7-37H,1-6H3. The lowest BCUT2D eigenvalue weighted by molar-refractivity contribution is 0.125. The second-order valence-corrected chi connectivity index (χ2v) is 19.3. The molecule has 0 amide bonds. The minimum Gasteiger partial charge on any atom is -0.307 e. The van der Waals surface area contributed by atoms with E-state index in [0.29, 0.717) is 17.6 Å². The summed E-state index contributed by atoms with van der Waals surface area (Å²) in [6, 6.07) is 67.4. The molecule has 5 heteroatoms. The highest BCUT2D eigenvalue weighted by atomic mass is 15.2. The second kappa shape index (κ2) is 14.2. The highest BCUT2D eigenvalue weighted by Crippen LogP contribution is 2.62. The minimum atomic E-state index is 0.00417. The number of aromatic nitrogens is 5. The maximum Gasteiger partial charge on any atom is 0.238 e. The van der Waals surface area contributed by atoms with Crippen molar-refractivity contribution in [1.29, 1.82) is 0 Å². The van der Waals surface area contributed by atoms with Crippen LogP contribution in [0.25, 0.3) is 100 Å². The molecule has 11 aromatic rings. The van der Waals surface area contributed by atoms with Crippen molar-refractivity contribution >= 4 is 43.6 Å². The molecular formula is C60H49N5. The van der Waals surface area contributed by atoms with Gasteiger partial charge in [-0.25, -0.2) is 4.98 Å². The molecule has 0 radical (unpaired) electrons. The molecule has 8 aromatic carbocycles. The van der Waals surface area contributed by atoms with Gasteiger partial charge in [0.2, 0.25) is 5.95 Å². The van der Waals surface area contributed by atoms with Crippen molar-refractivity contribution in [2.45, 2.75) is 52.4 Å². The van der Waals surface area contributed by atoms with E-state index >= 15 is 0 Å². The van der Waals surface area contributed by atoms with Gasteiger partial charge in [-0.05, 0) is 73.9 Å². The lowest BCUT2D eigenvalue weighted by Crippen LogP contribution is -2.42. The van der Waals surface area contributed by atoms with E-state index in [4.69, 9.17) is 15.0 Å². The molecule has 0 N–H and O–H groups in total. The van der Waals surface area contributed by atoms with Gasteiger partial charge in [-0.2, -0.15) is 9.97 Å². The highest BCUT2D eigenvalue weighted by Gasteiger charge is 2.56. The van der Waals surface area contributed by atoms with E-state index in [1.807, 2.05) is 24.3 Å². The van der Waals surface area contributed by atoms with Crippen LogP contribution in [0.5, 0.6) is 0 Å². The summed E-state index contributed by atoms with van der Waals surface area (Å²) >= 11 is 0. The van der Waals surface area contributed by atoms with E-state index in [1.54, 1.807) is 0 Å². The monoisotopic (exact) mass is 839 g/mol. The third kappa shape index (κ3) is 5.67. The van der Waals surface area contributed by atoms with Gasteiger partial charge in [0.15, 0.2) is 11.6 Å². The molecular weight excluding hydrogens is 791 g/mol. The molecule has 0 atom stereocenters. The molecule has 3 heterocycles. The smallest absolute Gasteiger partial charge is 0.238 e. The number of hydrogen-bond acceptors (Lipinski definition) is 3. The third-order valence-electron chi connectivity index (χ3n) is 15.5. The zero-order valence-corrected chi connectivity index (χ0v) is 37.6. The quantitative estimate of drug-likeness (QED) is 0.168. The van der Waals surface area contributed by atoms with Crippen LogP contribution in [-0.2, 0) is 10.8 Å². The summed E-state index contributed by atoms with van der Waals surface area (Å²) in [6.45, 7) is 14.5. The Bertz CT molecular complexity index is 3680. The zero-order valence-electron chi connectivity index (χ0n) is 37.6.